The molecular weight excluding hydrogens is 390 g/mol. The van der Waals surface area contributed by atoms with E-state index >= 15 is 0 Å². The van der Waals surface area contributed by atoms with Crippen molar-refractivity contribution < 1.29 is 14.3 Å². The van der Waals surface area contributed by atoms with E-state index in [2.05, 4.69) is 4.98 Å². The van der Waals surface area contributed by atoms with Gasteiger partial charge < -0.3 is 14.5 Å². The molecule has 6 nitrogen and oxygen atoms in total. The third kappa shape index (κ3) is 5.09. The van der Waals surface area contributed by atoms with E-state index < -0.39 is 0 Å². The van der Waals surface area contributed by atoms with E-state index in [1.165, 1.54) is 0 Å². The van der Waals surface area contributed by atoms with E-state index in [-0.39, 0.29) is 11.8 Å². The topological polar surface area (TPSA) is 62.7 Å². The minimum atomic E-state index is -0.0800. The molecule has 0 radical (unpaired) electrons. The molecule has 2 aromatic carbocycles. The fraction of sp³-hybridized carbons (Fsp3) is 0.240. The van der Waals surface area contributed by atoms with Crippen molar-refractivity contribution in [3.63, 3.8) is 0 Å². The third-order valence-corrected chi connectivity index (χ3v) is 5.28. The number of pyridine rings is 1. The van der Waals surface area contributed by atoms with Crippen molar-refractivity contribution in [2.24, 2.45) is 0 Å². The molecule has 0 saturated carbocycles. The molecule has 1 aromatic heterocycles. The Kier molecular flexibility index (Phi) is 6.26. The van der Waals surface area contributed by atoms with Crippen molar-refractivity contribution >= 4 is 11.8 Å². The van der Waals surface area contributed by atoms with E-state index in [9.17, 15) is 9.59 Å². The lowest BCUT2D eigenvalue weighted by molar-refractivity contribution is 0.0718. The van der Waals surface area contributed by atoms with Gasteiger partial charge >= 0.3 is 0 Å². The van der Waals surface area contributed by atoms with Crippen molar-refractivity contribution in [1.82, 2.24) is 14.8 Å². The van der Waals surface area contributed by atoms with Gasteiger partial charge in [-0.05, 0) is 43.7 Å². The number of nitrogens with zero attached hydrogens (tertiary/aromatic N) is 3. The number of para-hydroxylation sites is 1. The third-order valence-electron chi connectivity index (χ3n) is 5.28. The Labute approximate surface area is 182 Å². The van der Waals surface area contributed by atoms with Gasteiger partial charge in [0.05, 0.1) is 5.56 Å². The molecule has 0 N–H and O–H groups in total. The van der Waals surface area contributed by atoms with E-state index in [1.807, 2.05) is 66.4 Å². The normalized spacial score (nSPS) is 14.1. The summed E-state index contributed by atoms with van der Waals surface area (Å²) in [6.45, 7) is 4.24. The summed E-state index contributed by atoms with van der Waals surface area (Å²) in [5, 5.41) is 0. The molecule has 1 fully saturated rings. The number of benzene rings is 2. The zero-order valence-electron chi connectivity index (χ0n) is 17.5. The molecular formula is C25H25N3O3. The van der Waals surface area contributed by atoms with E-state index in [4.69, 9.17) is 4.74 Å². The van der Waals surface area contributed by atoms with Crippen LogP contribution in [0.2, 0.25) is 0 Å². The zero-order chi connectivity index (χ0) is 21.6. The van der Waals surface area contributed by atoms with Crippen LogP contribution in [-0.4, -0.2) is 52.8 Å². The summed E-state index contributed by atoms with van der Waals surface area (Å²) in [7, 11) is 0. The molecule has 2 amide bonds. The molecule has 3 aromatic rings. The lowest BCUT2D eigenvalue weighted by Gasteiger charge is -2.22. The maximum absolute atomic E-state index is 13.0. The van der Waals surface area contributed by atoms with Crippen LogP contribution < -0.4 is 4.74 Å². The largest absolute Gasteiger partial charge is 0.439 e. The van der Waals surface area contributed by atoms with Gasteiger partial charge in [-0.25, -0.2) is 4.98 Å². The molecule has 0 spiro atoms. The summed E-state index contributed by atoms with van der Waals surface area (Å²) in [5.74, 6) is 1.07. The van der Waals surface area contributed by atoms with Gasteiger partial charge in [0.25, 0.3) is 11.8 Å². The summed E-state index contributed by atoms with van der Waals surface area (Å²) in [5.41, 5.74) is 2.27. The quantitative estimate of drug-likeness (QED) is 0.642. The molecule has 158 valence electrons. The molecule has 0 bridgehead atoms. The van der Waals surface area contributed by atoms with Crippen LogP contribution in [0.25, 0.3) is 0 Å². The minimum Gasteiger partial charge on any atom is -0.439 e. The van der Waals surface area contributed by atoms with E-state index in [0.717, 1.165) is 12.0 Å². The van der Waals surface area contributed by atoms with Gasteiger partial charge in [-0.15, -0.1) is 0 Å². The van der Waals surface area contributed by atoms with Crippen LogP contribution in [0.5, 0.6) is 11.6 Å². The number of rotatable bonds is 4. The van der Waals surface area contributed by atoms with Crippen molar-refractivity contribution in [2.45, 2.75) is 13.3 Å². The second-order valence-electron chi connectivity index (χ2n) is 7.61. The Morgan fingerprint density at radius 2 is 1.52 bits per heavy atom. The number of aromatic nitrogens is 1. The minimum absolute atomic E-state index is 0.0158. The van der Waals surface area contributed by atoms with Gasteiger partial charge in [0, 0.05) is 44.0 Å². The number of amides is 2. The zero-order valence-corrected chi connectivity index (χ0v) is 17.5. The average Bonchev–Trinajstić information content (AvgIpc) is 3.06. The number of aryl methyl sites for hydroxylation is 1. The second-order valence-corrected chi connectivity index (χ2v) is 7.61. The number of carbonyl (C=O) groups is 2. The number of ether oxygens (including phenoxy) is 1. The molecule has 4 rings (SSSR count). The smallest absolute Gasteiger partial charge is 0.255 e. The van der Waals surface area contributed by atoms with Crippen LogP contribution in [0.1, 0.15) is 32.7 Å². The maximum Gasteiger partial charge on any atom is 0.255 e. The molecule has 2 heterocycles. The summed E-state index contributed by atoms with van der Waals surface area (Å²) in [6.07, 6.45) is 2.28. The van der Waals surface area contributed by atoms with Gasteiger partial charge in [-0.1, -0.05) is 35.9 Å². The number of hydrogen-bond donors (Lipinski definition) is 0. The SMILES string of the molecule is Cc1cccc(C(=O)N2CCCN(C(=O)c3ccc(Oc4ccccc4)nc3)CC2)c1. The van der Waals surface area contributed by atoms with Crippen molar-refractivity contribution in [3.05, 3.63) is 89.6 Å². The summed E-state index contributed by atoms with van der Waals surface area (Å²) in [4.78, 5) is 33.7. The summed E-state index contributed by atoms with van der Waals surface area (Å²) >= 11 is 0. The number of carbonyl (C=O) groups excluding carboxylic acids is 2. The lowest BCUT2D eigenvalue weighted by Crippen LogP contribution is -2.37. The Morgan fingerprint density at radius 1 is 0.806 bits per heavy atom. The standard InChI is InChI=1S/C25H25N3O3/c1-19-7-5-8-20(17-19)24(29)27-13-6-14-28(16-15-27)25(30)21-11-12-23(26-18-21)31-22-9-3-2-4-10-22/h2-5,7-12,17-18H,6,13-16H2,1H3. The Morgan fingerprint density at radius 3 is 2.16 bits per heavy atom. The molecule has 31 heavy (non-hydrogen) atoms. The first-order valence-corrected chi connectivity index (χ1v) is 10.4. The van der Waals surface area contributed by atoms with Crippen LogP contribution in [0.3, 0.4) is 0 Å². The molecule has 1 saturated heterocycles. The molecule has 1 aliphatic rings. The Hall–Kier alpha value is -3.67. The molecule has 0 aliphatic carbocycles. The van der Waals surface area contributed by atoms with E-state index in [0.29, 0.717) is 48.9 Å². The highest BCUT2D eigenvalue weighted by molar-refractivity contribution is 5.95. The Balaban J connectivity index is 1.37. The Bertz CT molecular complexity index is 1050. The van der Waals surface area contributed by atoms with Crippen LogP contribution in [0.15, 0.2) is 72.9 Å². The molecule has 0 atom stereocenters. The highest BCUT2D eigenvalue weighted by atomic mass is 16.5. The van der Waals surface area contributed by atoms with Crippen LogP contribution in [0.4, 0.5) is 0 Å². The second kappa shape index (κ2) is 9.43. The van der Waals surface area contributed by atoms with Crippen molar-refractivity contribution in [2.75, 3.05) is 26.2 Å². The van der Waals surface area contributed by atoms with Crippen LogP contribution >= 0.6 is 0 Å². The highest BCUT2D eigenvalue weighted by Crippen LogP contribution is 2.19. The fourth-order valence-electron chi connectivity index (χ4n) is 3.64. The van der Waals surface area contributed by atoms with Gasteiger partial charge in [-0.2, -0.15) is 0 Å². The molecule has 1 aliphatic heterocycles. The predicted molar refractivity (Wildman–Crippen MR) is 118 cm³/mol. The summed E-state index contributed by atoms with van der Waals surface area (Å²) in [6, 6.07) is 20.4. The lowest BCUT2D eigenvalue weighted by atomic mass is 10.1. The van der Waals surface area contributed by atoms with Gasteiger partial charge in [-0.3, -0.25) is 9.59 Å². The van der Waals surface area contributed by atoms with E-state index in [1.54, 1.807) is 23.2 Å². The first kappa shape index (κ1) is 20.6. The number of hydrogen-bond acceptors (Lipinski definition) is 4. The maximum atomic E-state index is 13.0. The van der Waals surface area contributed by atoms with Gasteiger partial charge in [0.2, 0.25) is 5.88 Å². The van der Waals surface area contributed by atoms with Crippen LogP contribution in [0, 0.1) is 6.92 Å². The summed E-state index contributed by atoms with van der Waals surface area (Å²) < 4.78 is 5.69. The molecule has 0 unspecified atom stereocenters. The predicted octanol–water partition coefficient (Wildman–Crippen LogP) is 4.17. The van der Waals surface area contributed by atoms with Crippen LogP contribution in [-0.2, 0) is 0 Å². The van der Waals surface area contributed by atoms with Crippen molar-refractivity contribution in [1.29, 1.82) is 0 Å². The monoisotopic (exact) mass is 415 g/mol. The van der Waals surface area contributed by atoms with Gasteiger partial charge in [0.15, 0.2) is 0 Å². The van der Waals surface area contributed by atoms with Gasteiger partial charge in [0.1, 0.15) is 5.75 Å². The molecule has 6 heteroatoms. The fourth-order valence-corrected chi connectivity index (χ4v) is 3.64. The highest BCUT2D eigenvalue weighted by Gasteiger charge is 2.23. The first-order chi connectivity index (χ1) is 15.1. The average molecular weight is 415 g/mol. The first-order valence-electron chi connectivity index (χ1n) is 10.4. The van der Waals surface area contributed by atoms with Crippen molar-refractivity contribution in [3.8, 4) is 11.6 Å².